The second-order valence-corrected chi connectivity index (χ2v) is 5.10. The Morgan fingerprint density at radius 1 is 1.35 bits per heavy atom. The molecule has 0 bridgehead atoms. The molecule has 1 fully saturated rings. The van der Waals surface area contributed by atoms with Gasteiger partial charge < -0.3 is 15.1 Å². The van der Waals surface area contributed by atoms with E-state index in [1.165, 1.54) is 4.90 Å². The normalized spacial score (nSPS) is 21.5. The molecular formula is C13H22N2O5. The molecule has 0 aromatic heterocycles. The molecule has 7 heteroatoms. The SMILES string of the molecule is CCC[C@H](N[C@@H](C)C(=O)N1CCC[C@H]1C(=O)O)C(=O)O. The van der Waals surface area contributed by atoms with Crippen molar-refractivity contribution in [2.24, 2.45) is 0 Å². The van der Waals surface area contributed by atoms with E-state index in [2.05, 4.69) is 5.32 Å². The number of amides is 1. The number of hydrogen-bond donors (Lipinski definition) is 3. The standard InChI is InChI=1S/C13H22N2O5/c1-3-5-9(12(17)18)14-8(2)11(16)15-7-4-6-10(15)13(19)20/h8-10,14H,3-7H2,1-2H3,(H,17,18)(H,19,20)/t8-,9-,10-/m0/s1. The maximum Gasteiger partial charge on any atom is 0.326 e. The zero-order chi connectivity index (χ0) is 15.3. The molecule has 1 rings (SSSR count). The summed E-state index contributed by atoms with van der Waals surface area (Å²) in [5.41, 5.74) is 0. The molecule has 7 nitrogen and oxygen atoms in total. The summed E-state index contributed by atoms with van der Waals surface area (Å²) in [6.45, 7) is 3.85. The van der Waals surface area contributed by atoms with Crippen LogP contribution in [0.2, 0.25) is 0 Å². The van der Waals surface area contributed by atoms with Crippen LogP contribution in [0.1, 0.15) is 39.5 Å². The summed E-state index contributed by atoms with van der Waals surface area (Å²) in [6.07, 6.45) is 2.22. The molecular weight excluding hydrogens is 264 g/mol. The lowest BCUT2D eigenvalue weighted by molar-refractivity contribution is -0.149. The van der Waals surface area contributed by atoms with Crippen molar-refractivity contribution in [3.8, 4) is 0 Å². The number of rotatable bonds is 7. The summed E-state index contributed by atoms with van der Waals surface area (Å²) >= 11 is 0. The van der Waals surface area contributed by atoms with E-state index in [0.29, 0.717) is 32.2 Å². The van der Waals surface area contributed by atoms with Crippen molar-refractivity contribution in [1.29, 1.82) is 0 Å². The van der Waals surface area contributed by atoms with E-state index in [0.717, 1.165) is 0 Å². The molecule has 0 aromatic carbocycles. The largest absolute Gasteiger partial charge is 0.480 e. The van der Waals surface area contributed by atoms with Crippen LogP contribution in [0.15, 0.2) is 0 Å². The highest BCUT2D eigenvalue weighted by Gasteiger charge is 2.36. The van der Waals surface area contributed by atoms with Crippen molar-refractivity contribution in [3.63, 3.8) is 0 Å². The minimum atomic E-state index is -1.01. The zero-order valence-electron chi connectivity index (χ0n) is 11.8. The molecule has 1 aliphatic rings. The third-order valence-corrected chi connectivity index (χ3v) is 3.52. The van der Waals surface area contributed by atoms with Crippen molar-refractivity contribution < 1.29 is 24.6 Å². The van der Waals surface area contributed by atoms with E-state index >= 15 is 0 Å². The molecule has 1 saturated heterocycles. The van der Waals surface area contributed by atoms with E-state index in [-0.39, 0.29) is 5.91 Å². The summed E-state index contributed by atoms with van der Waals surface area (Å²) in [4.78, 5) is 35.7. The Morgan fingerprint density at radius 3 is 2.50 bits per heavy atom. The Bertz CT molecular complexity index is 385. The molecule has 114 valence electrons. The van der Waals surface area contributed by atoms with Crippen LogP contribution >= 0.6 is 0 Å². The maximum atomic E-state index is 12.2. The molecule has 3 atom stereocenters. The second-order valence-electron chi connectivity index (χ2n) is 5.10. The van der Waals surface area contributed by atoms with Crippen LogP contribution in [0.25, 0.3) is 0 Å². The van der Waals surface area contributed by atoms with E-state index < -0.39 is 30.1 Å². The van der Waals surface area contributed by atoms with Gasteiger partial charge >= 0.3 is 11.9 Å². The summed E-state index contributed by atoms with van der Waals surface area (Å²) in [5, 5.41) is 20.9. The van der Waals surface area contributed by atoms with Gasteiger partial charge in [0.05, 0.1) is 6.04 Å². The first-order valence-electron chi connectivity index (χ1n) is 6.90. The molecule has 0 saturated carbocycles. The van der Waals surface area contributed by atoms with Crippen LogP contribution in [0, 0.1) is 0 Å². The molecule has 0 aromatic rings. The van der Waals surface area contributed by atoms with Gasteiger partial charge in [0.2, 0.25) is 5.91 Å². The fraction of sp³-hybridized carbons (Fsp3) is 0.769. The Morgan fingerprint density at radius 2 is 2.00 bits per heavy atom. The summed E-state index contributed by atoms with van der Waals surface area (Å²) in [7, 11) is 0. The fourth-order valence-electron chi connectivity index (χ4n) is 2.48. The Kier molecular flexibility index (Phi) is 5.94. The van der Waals surface area contributed by atoms with Gasteiger partial charge in [-0.1, -0.05) is 13.3 Å². The number of likely N-dealkylation sites (tertiary alicyclic amines) is 1. The average molecular weight is 286 g/mol. The van der Waals surface area contributed by atoms with Crippen LogP contribution in [0.4, 0.5) is 0 Å². The van der Waals surface area contributed by atoms with E-state index in [1.54, 1.807) is 6.92 Å². The van der Waals surface area contributed by atoms with Crippen molar-refractivity contribution in [2.75, 3.05) is 6.54 Å². The summed E-state index contributed by atoms with van der Waals surface area (Å²) in [6, 6.07) is -2.28. The average Bonchev–Trinajstić information content (AvgIpc) is 2.86. The molecule has 1 amide bonds. The van der Waals surface area contributed by atoms with Crippen molar-refractivity contribution in [3.05, 3.63) is 0 Å². The van der Waals surface area contributed by atoms with Crippen LogP contribution in [0.5, 0.6) is 0 Å². The quantitative estimate of drug-likeness (QED) is 0.621. The number of carbonyl (C=O) groups excluding carboxylic acids is 1. The third-order valence-electron chi connectivity index (χ3n) is 3.52. The Balaban J connectivity index is 2.66. The van der Waals surface area contributed by atoms with Gasteiger partial charge in [-0.25, -0.2) is 4.79 Å². The van der Waals surface area contributed by atoms with Crippen LogP contribution < -0.4 is 5.32 Å². The fourth-order valence-corrected chi connectivity index (χ4v) is 2.48. The molecule has 0 radical (unpaired) electrons. The molecule has 1 aliphatic heterocycles. The topological polar surface area (TPSA) is 107 Å². The zero-order valence-corrected chi connectivity index (χ0v) is 11.8. The minimum absolute atomic E-state index is 0.350. The molecule has 3 N–H and O–H groups in total. The summed E-state index contributed by atoms with van der Waals surface area (Å²) < 4.78 is 0. The molecule has 0 unspecified atom stereocenters. The molecule has 0 aliphatic carbocycles. The number of carbonyl (C=O) groups is 3. The van der Waals surface area contributed by atoms with Crippen molar-refractivity contribution >= 4 is 17.8 Å². The third kappa shape index (κ3) is 3.93. The van der Waals surface area contributed by atoms with E-state index in [1.807, 2.05) is 6.92 Å². The second kappa shape index (κ2) is 7.23. The highest BCUT2D eigenvalue weighted by molar-refractivity contribution is 5.87. The first-order valence-corrected chi connectivity index (χ1v) is 6.90. The first kappa shape index (κ1) is 16.4. The Hall–Kier alpha value is -1.63. The van der Waals surface area contributed by atoms with Gasteiger partial charge in [-0.2, -0.15) is 0 Å². The first-order chi connectivity index (χ1) is 9.38. The number of carboxylic acids is 2. The van der Waals surface area contributed by atoms with Gasteiger partial charge in [0.25, 0.3) is 0 Å². The highest BCUT2D eigenvalue weighted by Crippen LogP contribution is 2.18. The predicted molar refractivity (Wildman–Crippen MR) is 71.3 cm³/mol. The number of nitrogens with one attached hydrogen (secondary N) is 1. The molecule has 1 heterocycles. The van der Waals surface area contributed by atoms with Gasteiger partial charge in [0.15, 0.2) is 0 Å². The lowest BCUT2D eigenvalue weighted by Crippen LogP contribution is -2.52. The van der Waals surface area contributed by atoms with E-state index in [9.17, 15) is 14.4 Å². The van der Waals surface area contributed by atoms with Crippen LogP contribution in [-0.2, 0) is 14.4 Å². The minimum Gasteiger partial charge on any atom is -0.480 e. The highest BCUT2D eigenvalue weighted by atomic mass is 16.4. The van der Waals surface area contributed by atoms with Gasteiger partial charge in [0, 0.05) is 6.54 Å². The van der Waals surface area contributed by atoms with E-state index in [4.69, 9.17) is 10.2 Å². The number of carboxylic acid groups (broad SMARTS) is 2. The number of aliphatic carboxylic acids is 2. The van der Waals surface area contributed by atoms with Gasteiger partial charge in [-0.15, -0.1) is 0 Å². The van der Waals surface area contributed by atoms with Crippen molar-refractivity contribution in [2.45, 2.75) is 57.7 Å². The Labute approximate surface area is 117 Å². The van der Waals surface area contributed by atoms with Crippen LogP contribution in [0.3, 0.4) is 0 Å². The van der Waals surface area contributed by atoms with Gasteiger partial charge in [-0.05, 0) is 26.2 Å². The lowest BCUT2D eigenvalue weighted by atomic mass is 10.1. The monoisotopic (exact) mass is 286 g/mol. The lowest BCUT2D eigenvalue weighted by Gasteiger charge is -2.27. The smallest absolute Gasteiger partial charge is 0.326 e. The molecule has 20 heavy (non-hydrogen) atoms. The predicted octanol–water partition coefficient (Wildman–Crippen LogP) is 0.293. The van der Waals surface area contributed by atoms with Gasteiger partial charge in [0.1, 0.15) is 12.1 Å². The van der Waals surface area contributed by atoms with Crippen molar-refractivity contribution in [1.82, 2.24) is 10.2 Å². The van der Waals surface area contributed by atoms with Crippen LogP contribution in [-0.4, -0.2) is 57.6 Å². The number of hydrogen-bond acceptors (Lipinski definition) is 4. The summed E-state index contributed by atoms with van der Waals surface area (Å²) in [5.74, 6) is -2.36. The number of nitrogens with zero attached hydrogens (tertiary/aromatic N) is 1. The molecule has 0 spiro atoms. The maximum absolute atomic E-state index is 12.2. The van der Waals surface area contributed by atoms with Gasteiger partial charge in [-0.3, -0.25) is 14.9 Å².